The van der Waals surface area contributed by atoms with E-state index in [1.54, 1.807) is 6.07 Å². The molecule has 5 heteroatoms. The lowest BCUT2D eigenvalue weighted by atomic mass is 10.3. The van der Waals surface area contributed by atoms with Crippen LogP contribution in [0.4, 0.5) is 5.69 Å². The number of nitrogens with zero attached hydrogens (tertiary/aromatic N) is 1. The van der Waals surface area contributed by atoms with Crippen LogP contribution in [0, 0.1) is 0 Å². The number of rotatable bonds is 2. The molecule has 0 radical (unpaired) electrons. The third-order valence-electron chi connectivity index (χ3n) is 2.77. The lowest BCUT2D eigenvalue weighted by Gasteiger charge is -2.05. The molecule has 1 aliphatic rings. The van der Waals surface area contributed by atoms with E-state index in [1.165, 1.54) is 0 Å². The highest BCUT2D eigenvalue weighted by Crippen LogP contribution is 2.27. The predicted molar refractivity (Wildman–Crippen MR) is 68.9 cm³/mol. The van der Waals surface area contributed by atoms with Crippen LogP contribution in [0.5, 0.6) is 0 Å². The molecule has 2 atom stereocenters. The molecule has 1 aliphatic heterocycles. The SMILES string of the molecule is CNC1CCS(=O)(=Nc2ccccc2Cl)C1. The molecule has 1 fully saturated rings. The largest absolute Gasteiger partial charge is 0.316 e. The molecule has 0 saturated carbocycles. The highest BCUT2D eigenvalue weighted by Gasteiger charge is 2.25. The van der Waals surface area contributed by atoms with Crippen molar-refractivity contribution < 1.29 is 4.21 Å². The van der Waals surface area contributed by atoms with Gasteiger partial charge >= 0.3 is 0 Å². The van der Waals surface area contributed by atoms with Gasteiger partial charge in [0.25, 0.3) is 0 Å². The summed E-state index contributed by atoms with van der Waals surface area (Å²) in [6.07, 6.45) is 0.920. The summed E-state index contributed by atoms with van der Waals surface area (Å²) in [5.41, 5.74) is 0.644. The van der Waals surface area contributed by atoms with Crippen molar-refractivity contribution in [3.05, 3.63) is 29.3 Å². The van der Waals surface area contributed by atoms with Gasteiger partial charge in [-0.15, -0.1) is 0 Å². The van der Waals surface area contributed by atoms with Crippen molar-refractivity contribution in [2.75, 3.05) is 18.6 Å². The van der Waals surface area contributed by atoms with Crippen molar-refractivity contribution in [2.45, 2.75) is 12.5 Å². The number of halogens is 1. The fourth-order valence-corrected chi connectivity index (χ4v) is 4.52. The molecule has 1 heterocycles. The van der Waals surface area contributed by atoms with Gasteiger partial charge in [-0.25, -0.2) is 4.21 Å². The van der Waals surface area contributed by atoms with Crippen LogP contribution in [0.25, 0.3) is 0 Å². The topological polar surface area (TPSA) is 41.5 Å². The van der Waals surface area contributed by atoms with Crippen LogP contribution in [-0.4, -0.2) is 28.8 Å². The number of nitrogens with one attached hydrogen (secondary N) is 1. The molecule has 1 aromatic rings. The van der Waals surface area contributed by atoms with Crippen molar-refractivity contribution in [2.24, 2.45) is 4.36 Å². The van der Waals surface area contributed by atoms with Gasteiger partial charge in [0.1, 0.15) is 0 Å². The van der Waals surface area contributed by atoms with Gasteiger partial charge in [0, 0.05) is 17.5 Å². The minimum atomic E-state index is -2.11. The van der Waals surface area contributed by atoms with E-state index < -0.39 is 9.73 Å². The van der Waals surface area contributed by atoms with Gasteiger partial charge in [-0.2, -0.15) is 4.36 Å². The fraction of sp³-hybridized carbons (Fsp3) is 0.455. The summed E-state index contributed by atoms with van der Waals surface area (Å²) < 4.78 is 16.8. The van der Waals surface area contributed by atoms with Crippen LogP contribution in [0.2, 0.25) is 5.02 Å². The summed E-state index contributed by atoms with van der Waals surface area (Å²) in [4.78, 5) is 0. The summed E-state index contributed by atoms with van der Waals surface area (Å²) in [6, 6.07) is 7.60. The Balaban J connectivity index is 2.32. The van der Waals surface area contributed by atoms with E-state index in [-0.39, 0.29) is 0 Å². The van der Waals surface area contributed by atoms with Gasteiger partial charge in [0.05, 0.1) is 20.4 Å². The smallest absolute Gasteiger partial charge is 0.0916 e. The molecular formula is C11H15ClN2OS. The van der Waals surface area contributed by atoms with Crippen LogP contribution in [0.15, 0.2) is 28.6 Å². The minimum absolute atomic E-state index is 0.318. The second-order valence-corrected chi connectivity index (χ2v) is 6.84. The molecule has 0 amide bonds. The maximum atomic E-state index is 12.4. The van der Waals surface area contributed by atoms with Gasteiger partial charge in [0.15, 0.2) is 0 Å². The summed E-state index contributed by atoms with van der Waals surface area (Å²) in [7, 11) is -0.218. The van der Waals surface area contributed by atoms with E-state index in [1.807, 2.05) is 25.2 Å². The second-order valence-electron chi connectivity index (χ2n) is 3.96. The summed E-state index contributed by atoms with van der Waals surface area (Å²) >= 11 is 6.00. The first-order chi connectivity index (χ1) is 7.63. The highest BCUT2D eigenvalue weighted by molar-refractivity contribution is 7.94. The Morgan fingerprint density at radius 2 is 2.25 bits per heavy atom. The van der Waals surface area contributed by atoms with Gasteiger partial charge in [-0.3, -0.25) is 0 Å². The zero-order valence-corrected chi connectivity index (χ0v) is 10.7. The molecule has 0 aliphatic carbocycles. The van der Waals surface area contributed by atoms with Gasteiger partial charge in [0.2, 0.25) is 0 Å². The first-order valence-electron chi connectivity index (χ1n) is 5.27. The van der Waals surface area contributed by atoms with Crippen molar-refractivity contribution in [3.8, 4) is 0 Å². The summed E-state index contributed by atoms with van der Waals surface area (Å²) in [5.74, 6) is 1.28. The molecule has 1 aromatic carbocycles. The number of benzene rings is 1. The third-order valence-corrected chi connectivity index (χ3v) is 5.42. The van der Waals surface area contributed by atoms with E-state index in [2.05, 4.69) is 9.68 Å². The normalized spacial score (nSPS) is 29.2. The monoisotopic (exact) mass is 258 g/mol. The quantitative estimate of drug-likeness (QED) is 0.885. The van der Waals surface area contributed by atoms with Crippen LogP contribution in [-0.2, 0) is 9.73 Å². The highest BCUT2D eigenvalue weighted by atomic mass is 35.5. The molecule has 2 unspecified atom stereocenters. The Hall–Kier alpha value is -0.580. The van der Waals surface area contributed by atoms with Crippen molar-refractivity contribution in [1.29, 1.82) is 0 Å². The molecule has 2 rings (SSSR count). The molecule has 88 valence electrons. The predicted octanol–water partition coefficient (Wildman–Crippen LogP) is 2.43. The number of hydrogen-bond acceptors (Lipinski definition) is 3. The lowest BCUT2D eigenvalue weighted by Crippen LogP contribution is -2.25. The molecule has 0 aromatic heterocycles. The fourth-order valence-electron chi connectivity index (χ4n) is 1.82. The maximum absolute atomic E-state index is 12.4. The zero-order chi connectivity index (χ0) is 11.6. The lowest BCUT2D eigenvalue weighted by molar-refractivity contribution is 0.622. The van der Waals surface area contributed by atoms with Crippen LogP contribution in [0.1, 0.15) is 6.42 Å². The first-order valence-corrected chi connectivity index (χ1v) is 7.50. The first kappa shape index (κ1) is 11.9. The Kier molecular flexibility index (Phi) is 3.52. The van der Waals surface area contributed by atoms with Gasteiger partial charge < -0.3 is 5.32 Å². The average molecular weight is 259 g/mol. The molecule has 1 saturated heterocycles. The Morgan fingerprint density at radius 1 is 1.50 bits per heavy atom. The summed E-state index contributed by atoms with van der Waals surface area (Å²) in [5, 5.41) is 3.72. The molecule has 0 bridgehead atoms. The maximum Gasteiger partial charge on any atom is 0.0916 e. The van der Waals surface area contributed by atoms with E-state index in [0.29, 0.717) is 28.3 Å². The van der Waals surface area contributed by atoms with Crippen molar-refractivity contribution in [3.63, 3.8) is 0 Å². The third kappa shape index (κ3) is 2.56. The average Bonchev–Trinajstić information content (AvgIpc) is 2.64. The number of hydrogen-bond donors (Lipinski definition) is 1. The van der Waals surface area contributed by atoms with Crippen molar-refractivity contribution in [1.82, 2.24) is 5.32 Å². The van der Waals surface area contributed by atoms with Crippen LogP contribution < -0.4 is 5.32 Å². The Morgan fingerprint density at radius 3 is 2.88 bits per heavy atom. The van der Waals surface area contributed by atoms with E-state index >= 15 is 0 Å². The molecule has 0 spiro atoms. The summed E-state index contributed by atoms with van der Waals surface area (Å²) in [6.45, 7) is 0. The van der Waals surface area contributed by atoms with Crippen molar-refractivity contribution >= 4 is 27.0 Å². The standard InChI is InChI=1S/C11H15ClN2OS/c1-13-9-6-7-16(15,8-9)14-11-5-3-2-4-10(11)12/h2-5,9,13H,6-8H2,1H3. The second kappa shape index (κ2) is 4.73. The zero-order valence-electron chi connectivity index (χ0n) is 9.15. The van der Waals surface area contributed by atoms with Crippen LogP contribution >= 0.6 is 11.6 Å². The van der Waals surface area contributed by atoms with E-state index in [9.17, 15) is 4.21 Å². The van der Waals surface area contributed by atoms with Crippen LogP contribution in [0.3, 0.4) is 0 Å². The molecule has 16 heavy (non-hydrogen) atoms. The minimum Gasteiger partial charge on any atom is -0.316 e. The molecular weight excluding hydrogens is 244 g/mol. The van der Waals surface area contributed by atoms with Gasteiger partial charge in [-0.1, -0.05) is 23.7 Å². The van der Waals surface area contributed by atoms with E-state index in [4.69, 9.17) is 11.6 Å². The van der Waals surface area contributed by atoms with Gasteiger partial charge in [-0.05, 0) is 25.6 Å². The molecule has 1 N–H and O–H groups in total. The van der Waals surface area contributed by atoms with E-state index in [0.717, 1.165) is 6.42 Å². The Labute approximate surface area is 101 Å². The Bertz CT molecular complexity index is 495. The molecule has 3 nitrogen and oxygen atoms in total.